The van der Waals surface area contributed by atoms with E-state index in [-0.39, 0.29) is 17.1 Å². The molecule has 0 aliphatic carbocycles. The molecule has 100 valence electrons. The van der Waals surface area contributed by atoms with E-state index in [0.717, 1.165) is 0 Å². The number of esters is 1. The van der Waals surface area contributed by atoms with Crippen LogP contribution in [0.4, 0.5) is 0 Å². The van der Waals surface area contributed by atoms with Crippen LogP contribution in [0.3, 0.4) is 0 Å². The first-order valence-corrected chi connectivity index (χ1v) is 6.94. The van der Waals surface area contributed by atoms with Crippen molar-refractivity contribution in [2.24, 2.45) is 0 Å². The van der Waals surface area contributed by atoms with Crippen molar-refractivity contribution in [1.29, 1.82) is 0 Å². The van der Waals surface area contributed by atoms with Gasteiger partial charge in [-0.25, -0.2) is 13.2 Å². The highest BCUT2D eigenvalue weighted by atomic mass is 32.2. The van der Waals surface area contributed by atoms with Gasteiger partial charge in [-0.1, -0.05) is 0 Å². The first-order valence-electron chi connectivity index (χ1n) is 5.40. The summed E-state index contributed by atoms with van der Waals surface area (Å²) < 4.78 is 28.6. The molecule has 0 saturated carbocycles. The summed E-state index contributed by atoms with van der Waals surface area (Å²) in [5.41, 5.74) is 0.473. The van der Waals surface area contributed by atoms with Crippen molar-refractivity contribution in [3.8, 4) is 0 Å². The maximum Gasteiger partial charge on any atom is 0.337 e. The van der Waals surface area contributed by atoms with E-state index in [2.05, 4.69) is 4.74 Å². The number of carbonyl (C=O) groups is 1. The van der Waals surface area contributed by atoms with Gasteiger partial charge in [0.1, 0.15) is 0 Å². The number of sulfone groups is 1. The minimum absolute atomic E-state index is 0.0180. The summed E-state index contributed by atoms with van der Waals surface area (Å²) in [6, 6.07) is 4.04. The lowest BCUT2D eigenvalue weighted by Gasteiger charge is -2.10. The average Bonchev–Trinajstić information content (AvgIpc) is 2.36. The van der Waals surface area contributed by atoms with Crippen molar-refractivity contribution in [1.82, 2.24) is 0 Å². The number of hydrogen-bond donors (Lipinski definition) is 1. The minimum atomic E-state index is -3.49. The van der Waals surface area contributed by atoms with E-state index in [1.807, 2.05) is 0 Å². The second-order valence-electron chi connectivity index (χ2n) is 4.11. The highest BCUT2D eigenvalue weighted by Gasteiger charge is 2.21. The van der Waals surface area contributed by atoms with Crippen LogP contribution >= 0.6 is 0 Å². The predicted octanol–water partition coefficient (Wildman–Crippen LogP) is 1.15. The molecule has 6 heteroatoms. The maximum atomic E-state index is 12.0. The summed E-state index contributed by atoms with van der Waals surface area (Å²) in [4.78, 5) is 11.4. The van der Waals surface area contributed by atoms with E-state index in [1.54, 1.807) is 13.8 Å². The normalized spacial score (nSPS) is 11.6. The van der Waals surface area contributed by atoms with Crippen LogP contribution < -0.4 is 0 Å². The summed E-state index contributed by atoms with van der Waals surface area (Å²) in [6.07, 6.45) is 0. The van der Waals surface area contributed by atoms with E-state index < -0.39 is 21.1 Å². The molecule has 18 heavy (non-hydrogen) atoms. The average molecular weight is 272 g/mol. The van der Waals surface area contributed by atoms with Crippen molar-refractivity contribution in [3.05, 3.63) is 29.3 Å². The Labute approximate surface area is 106 Å². The second kappa shape index (κ2) is 5.49. The van der Waals surface area contributed by atoms with E-state index in [0.29, 0.717) is 5.56 Å². The fourth-order valence-electron chi connectivity index (χ4n) is 1.42. The Morgan fingerprint density at radius 1 is 1.33 bits per heavy atom. The van der Waals surface area contributed by atoms with Gasteiger partial charge in [-0.15, -0.1) is 0 Å². The molecule has 0 saturated heterocycles. The number of benzene rings is 1. The maximum absolute atomic E-state index is 12.0. The fourth-order valence-corrected chi connectivity index (χ4v) is 2.58. The molecular weight excluding hydrogens is 256 g/mol. The van der Waals surface area contributed by atoms with Gasteiger partial charge in [-0.2, -0.15) is 0 Å². The Bertz CT molecular complexity index is 546. The second-order valence-corrected chi connectivity index (χ2v) is 6.61. The fraction of sp³-hybridized carbons (Fsp3) is 0.417. The number of aliphatic hydroxyl groups is 1. The first kappa shape index (κ1) is 14.7. The Morgan fingerprint density at radius 3 is 2.39 bits per heavy atom. The number of methoxy groups -OCH3 is 1. The standard InChI is InChI=1S/C12H16O5S/c1-8(2)18(15,16)11-5-9(7-13)4-10(6-11)12(14)17-3/h4-6,8,13H,7H2,1-3H3. The molecule has 0 fully saturated rings. The third-order valence-electron chi connectivity index (χ3n) is 2.52. The Balaban J connectivity index is 3.42. The molecule has 0 aromatic heterocycles. The number of hydrogen-bond acceptors (Lipinski definition) is 5. The third kappa shape index (κ3) is 2.88. The molecule has 0 amide bonds. The van der Waals surface area contributed by atoms with Crippen LogP contribution in [0.15, 0.2) is 23.1 Å². The van der Waals surface area contributed by atoms with Gasteiger partial charge in [0.05, 0.1) is 29.4 Å². The van der Waals surface area contributed by atoms with Crippen LogP contribution in [-0.2, 0) is 21.2 Å². The number of aliphatic hydroxyl groups excluding tert-OH is 1. The largest absolute Gasteiger partial charge is 0.465 e. The highest BCUT2D eigenvalue weighted by molar-refractivity contribution is 7.92. The van der Waals surface area contributed by atoms with Crippen molar-refractivity contribution in [3.63, 3.8) is 0 Å². The molecule has 0 heterocycles. The molecule has 1 N–H and O–H groups in total. The molecule has 0 atom stereocenters. The van der Waals surface area contributed by atoms with E-state index in [4.69, 9.17) is 5.11 Å². The molecular formula is C12H16O5S. The summed E-state index contributed by atoms with van der Waals surface area (Å²) in [5, 5.41) is 8.50. The van der Waals surface area contributed by atoms with Gasteiger partial charge in [-0.05, 0) is 37.6 Å². The smallest absolute Gasteiger partial charge is 0.337 e. The Morgan fingerprint density at radius 2 is 1.94 bits per heavy atom. The van der Waals surface area contributed by atoms with Crippen molar-refractivity contribution < 1.29 is 23.1 Å². The van der Waals surface area contributed by atoms with Gasteiger partial charge >= 0.3 is 5.97 Å². The van der Waals surface area contributed by atoms with Crippen molar-refractivity contribution >= 4 is 15.8 Å². The predicted molar refractivity (Wildman–Crippen MR) is 66.0 cm³/mol. The lowest BCUT2D eigenvalue weighted by molar-refractivity contribution is 0.0600. The molecule has 0 unspecified atom stereocenters. The van der Waals surface area contributed by atoms with E-state index in [1.165, 1.54) is 25.3 Å². The number of rotatable bonds is 4. The molecule has 0 aliphatic rings. The lowest BCUT2D eigenvalue weighted by atomic mass is 10.1. The summed E-state index contributed by atoms with van der Waals surface area (Å²) in [6.45, 7) is 2.77. The summed E-state index contributed by atoms with van der Waals surface area (Å²) >= 11 is 0. The summed E-state index contributed by atoms with van der Waals surface area (Å²) in [7, 11) is -2.28. The SMILES string of the molecule is COC(=O)c1cc(CO)cc(S(=O)(=O)C(C)C)c1. The van der Waals surface area contributed by atoms with Crippen LogP contribution in [0, 0.1) is 0 Å². The van der Waals surface area contributed by atoms with Crippen LogP contribution in [-0.4, -0.2) is 31.9 Å². The van der Waals surface area contributed by atoms with Gasteiger partial charge in [0, 0.05) is 0 Å². The lowest BCUT2D eigenvalue weighted by Crippen LogP contribution is -2.15. The zero-order valence-corrected chi connectivity index (χ0v) is 11.3. The molecule has 1 rings (SSSR count). The molecule has 0 spiro atoms. The minimum Gasteiger partial charge on any atom is -0.465 e. The molecule has 0 bridgehead atoms. The third-order valence-corrected chi connectivity index (χ3v) is 4.65. The first-order chi connectivity index (χ1) is 8.32. The van der Waals surface area contributed by atoms with Crippen LogP contribution in [0.25, 0.3) is 0 Å². The van der Waals surface area contributed by atoms with Crippen molar-refractivity contribution in [2.45, 2.75) is 30.6 Å². The molecule has 0 radical (unpaired) electrons. The molecule has 1 aromatic rings. The monoisotopic (exact) mass is 272 g/mol. The molecule has 5 nitrogen and oxygen atoms in total. The van der Waals surface area contributed by atoms with Gasteiger partial charge in [0.2, 0.25) is 0 Å². The van der Waals surface area contributed by atoms with Crippen LogP contribution in [0.5, 0.6) is 0 Å². The molecule has 1 aromatic carbocycles. The molecule has 0 aliphatic heterocycles. The number of ether oxygens (including phenoxy) is 1. The quantitative estimate of drug-likeness (QED) is 0.831. The van der Waals surface area contributed by atoms with Gasteiger partial charge in [0.25, 0.3) is 0 Å². The number of carbonyl (C=O) groups excluding carboxylic acids is 1. The zero-order chi connectivity index (χ0) is 13.9. The van der Waals surface area contributed by atoms with Gasteiger partial charge in [0.15, 0.2) is 9.84 Å². The van der Waals surface area contributed by atoms with E-state index >= 15 is 0 Å². The Hall–Kier alpha value is -1.40. The van der Waals surface area contributed by atoms with E-state index in [9.17, 15) is 13.2 Å². The topological polar surface area (TPSA) is 80.7 Å². The van der Waals surface area contributed by atoms with Gasteiger partial charge in [-0.3, -0.25) is 0 Å². The van der Waals surface area contributed by atoms with Crippen molar-refractivity contribution in [2.75, 3.05) is 7.11 Å². The van der Waals surface area contributed by atoms with Crippen LogP contribution in [0.2, 0.25) is 0 Å². The highest BCUT2D eigenvalue weighted by Crippen LogP contribution is 2.20. The van der Waals surface area contributed by atoms with Gasteiger partial charge < -0.3 is 9.84 Å². The zero-order valence-electron chi connectivity index (χ0n) is 10.5. The van der Waals surface area contributed by atoms with Crippen LogP contribution in [0.1, 0.15) is 29.8 Å². The Kier molecular flexibility index (Phi) is 4.48. The summed E-state index contributed by atoms with van der Waals surface area (Å²) in [5.74, 6) is -0.634.